The third-order valence-corrected chi connectivity index (χ3v) is 4.84. The van der Waals surface area contributed by atoms with Gasteiger partial charge in [-0.25, -0.2) is 4.79 Å². The van der Waals surface area contributed by atoms with Crippen molar-refractivity contribution in [3.63, 3.8) is 0 Å². The first-order chi connectivity index (χ1) is 12.8. The van der Waals surface area contributed by atoms with Crippen molar-refractivity contribution < 1.29 is 35.3 Å². The van der Waals surface area contributed by atoms with Crippen molar-refractivity contribution in [3.8, 4) is 0 Å². The lowest BCUT2D eigenvalue weighted by Crippen LogP contribution is -2.47. The van der Waals surface area contributed by atoms with Crippen LogP contribution in [0, 0.1) is 0 Å². The van der Waals surface area contributed by atoms with E-state index in [4.69, 9.17) is 4.74 Å². The maximum atomic E-state index is 12.6. The van der Waals surface area contributed by atoms with Gasteiger partial charge >= 0.3 is 21.7 Å². The summed E-state index contributed by atoms with van der Waals surface area (Å²) in [6.45, 7) is 4.96. The maximum absolute atomic E-state index is 12.6. The fourth-order valence-electron chi connectivity index (χ4n) is 2.64. The first-order valence-corrected chi connectivity index (χ1v) is 9.93. The number of carbonyl (C=O) groups excluding carboxylic acids is 1. The van der Waals surface area contributed by atoms with E-state index in [1.807, 2.05) is 0 Å². The minimum atomic E-state index is -5.76. The Morgan fingerprint density at radius 3 is 2.32 bits per heavy atom. The van der Waals surface area contributed by atoms with Crippen molar-refractivity contribution in [2.24, 2.45) is 0 Å². The molecule has 1 aliphatic rings. The van der Waals surface area contributed by atoms with Crippen molar-refractivity contribution in [1.82, 2.24) is 4.90 Å². The van der Waals surface area contributed by atoms with E-state index in [9.17, 15) is 26.4 Å². The topological polar surface area (TPSA) is 72.9 Å². The molecule has 1 atom stereocenters. The van der Waals surface area contributed by atoms with Crippen LogP contribution >= 0.6 is 0 Å². The first-order valence-electron chi connectivity index (χ1n) is 8.52. The molecule has 6 nitrogen and oxygen atoms in total. The van der Waals surface area contributed by atoms with Crippen LogP contribution < -0.4 is 0 Å². The zero-order valence-electron chi connectivity index (χ0n) is 15.7. The largest absolute Gasteiger partial charge is 0.534 e. The van der Waals surface area contributed by atoms with Gasteiger partial charge in [0.15, 0.2) is 0 Å². The molecule has 1 aliphatic heterocycles. The quantitative estimate of drug-likeness (QED) is 0.543. The van der Waals surface area contributed by atoms with Gasteiger partial charge in [-0.1, -0.05) is 30.3 Å². The van der Waals surface area contributed by atoms with Crippen LogP contribution in [0.3, 0.4) is 0 Å². The molecule has 0 radical (unpaired) electrons. The molecule has 0 bridgehead atoms. The molecular formula is C18H22F3NO5S. The second-order valence-corrected chi connectivity index (χ2v) is 8.87. The molecule has 2 rings (SSSR count). The molecule has 0 saturated heterocycles. The van der Waals surface area contributed by atoms with Gasteiger partial charge in [0.1, 0.15) is 11.4 Å². The third-order valence-electron chi connectivity index (χ3n) is 3.84. The van der Waals surface area contributed by atoms with Crippen molar-refractivity contribution in [2.45, 2.75) is 50.8 Å². The van der Waals surface area contributed by atoms with Gasteiger partial charge in [0.2, 0.25) is 0 Å². The molecule has 0 fully saturated rings. The first kappa shape index (κ1) is 22.1. The Bertz CT molecular complexity index is 829. The van der Waals surface area contributed by atoms with Gasteiger partial charge in [0.05, 0.1) is 0 Å². The molecule has 1 aromatic rings. The minimum absolute atomic E-state index is 0.130. The number of halogens is 3. The van der Waals surface area contributed by atoms with Crippen molar-refractivity contribution in [2.75, 3.05) is 6.54 Å². The summed E-state index contributed by atoms with van der Waals surface area (Å²) in [7, 11) is -5.76. The average Bonchev–Trinajstić information content (AvgIpc) is 2.53. The van der Waals surface area contributed by atoms with Crippen molar-refractivity contribution in [1.29, 1.82) is 0 Å². The summed E-state index contributed by atoms with van der Waals surface area (Å²) in [5, 5.41) is 0. The van der Waals surface area contributed by atoms with E-state index in [-0.39, 0.29) is 18.7 Å². The summed E-state index contributed by atoms with van der Waals surface area (Å²) < 4.78 is 70.0. The highest BCUT2D eigenvalue weighted by Crippen LogP contribution is 2.31. The summed E-state index contributed by atoms with van der Waals surface area (Å²) in [6.07, 6.45) is 0.618. The predicted molar refractivity (Wildman–Crippen MR) is 95.6 cm³/mol. The van der Waals surface area contributed by atoms with E-state index < -0.39 is 33.4 Å². The molecule has 0 aromatic heterocycles. The smallest absolute Gasteiger partial charge is 0.444 e. The summed E-state index contributed by atoms with van der Waals surface area (Å²) in [5.74, 6) is -0.349. The molecule has 0 unspecified atom stereocenters. The van der Waals surface area contributed by atoms with Gasteiger partial charge in [0.25, 0.3) is 0 Å². The summed E-state index contributed by atoms with van der Waals surface area (Å²) >= 11 is 0. The van der Waals surface area contributed by atoms with E-state index in [0.717, 1.165) is 11.6 Å². The monoisotopic (exact) mass is 421 g/mol. The fraction of sp³-hybridized carbons (Fsp3) is 0.500. The maximum Gasteiger partial charge on any atom is 0.534 e. The molecule has 0 saturated carbocycles. The summed E-state index contributed by atoms with van der Waals surface area (Å²) in [5.41, 5.74) is -5.44. The van der Waals surface area contributed by atoms with Crippen LogP contribution in [0.5, 0.6) is 0 Å². The molecule has 1 aromatic carbocycles. The molecular weight excluding hydrogens is 399 g/mol. The van der Waals surface area contributed by atoms with Gasteiger partial charge < -0.3 is 13.8 Å². The number of carbonyl (C=O) groups is 1. The second kappa shape index (κ2) is 8.02. The van der Waals surface area contributed by atoms with E-state index in [1.165, 1.54) is 4.90 Å². The highest BCUT2D eigenvalue weighted by atomic mass is 32.2. The summed E-state index contributed by atoms with van der Waals surface area (Å²) in [6, 6.07) is 8.37. The highest BCUT2D eigenvalue weighted by Gasteiger charge is 2.49. The van der Waals surface area contributed by atoms with Gasteiger partial charge in [-0.15, -0.1) is 0 Å². The van der Waals surface area contributed by atoms with Gasteiger partial charge in [0, 0.05) is 19.0 Å². The minimum Gasteiger partial charge on any atom is -0.444 e. The predicted octanol–water partition coefficient (Wildman–Crippen LogP) is 3.99. The van der Waals surface area contributed by atoms with Crippen LogP contribution in [-0.2, 0) is 25.5 Å². The number of ether oxygens (including phenoxy) is 1. The lowest BCUT2D eigenvalue weighted by molar-refractivity contribution is -0.0528. The normalized spacial score (nSPS) is 18.4. The van der Waals surface area contributed by atoms with E-state index in [0.29, 0.717) is 6.42 Å². The van der Waals surface area contributed by atoms with Crippen LogP contribution in [0.2, 0.25) is 0 Å². The number of hydrogen-bond donors (Lipinski definition) is 0. The molecule has 1 heterocycles. The number of rotatable bonds is 4. The number of nitrogens with zero attached hydrogens (tertiary/aromatic N) is 1. The molecule has 156 valence electrons. The lowest BCUT2D eigenvalue weighted by Gasteiger charge is -2.36. The molecule has 1 amide bonds. The zero-order chi connectivity index (χ0) is 21.2. The highest BCUT2D eigenvalue weighted by molar-refractivity contribution is 7.87. The van der Waals surface area contributed by atoms with Gasteiger partial charge in [-0.2, -0.15) is 21.6 Å². The van der Waals surface area contributed by atoms with Crippen LogP contribution in [0.4, 0.5) is 18.0 Å². The Kier molecular flexibility index (Phi) is 6.32. The van der Waals surface area contributed by atoms with Crippen molar-refractivity contribution in [3.05, 3.63) is 47.7 Å². The number of benzene rings is 1. The zero-order valence-corrected chi connectivity index (χ0v) is 16.5. The second-order valence-electron chi connectivity index (χ2n) is 7.33. The van der Waals surface area contributed by atoms with E-state index in [2.05, 4.69) is 4.18 Å². The van der Waals surface area contributed by atoms with Crippen molar-refractivity contribution >= 4 is 16.2 Å². The van der Waals surface area contributed by atoms with Crippen LogP contribution in [0.1, 0.15) is 32.8 Å². The fourth-order valence-corrected chi connectivity index (χ4v) is 3.16. The Hall–Kier alpha value is -2.23. The number of alkyl halides is 3. The van der Waals surface area contributed by atoms with Gasteiger partial charge in [-0.3, -0.25) is 0 Å². The third kappa shape index (κ3) is 5.88. The molecule has 0 aliphatic carbocycles. The average molecular weight is 421 g/mol. The van der Waals surface area contributed by atoms with E-state index >= 15 is 0 Å². The van der Waals surface area contributed by atoms with Crippen LogP contribution in [0.15, 0.2) is 42.2 Å². The number of amides is 1. The molecule has 10 heteroatoms. The number of hydrogen-bond acceptors (Lipinski definition) is 5. The van der Waals surface area contributed by atoms with Gasteiger partial charge in [-0.05, 0) is 38.8 Å². The Labute approximate surface area is 162 Å². The Morgan fingerprint density at radius 1 is 1.18 bits per heavy atom. The summed E-state index contributed by atoms with van der Waals surface area (Å²) in [4.78, 5) is 13.9. The van der Waals surface area contributed by atoms with Crippen LogP contribution in [0.25, 0.3) is 0 Å². The SMILES string of the molecule is CC(C)(C)OC(=O)N1CC=C(OS(=O)(=O)C(F)(F)F)C[C@H]1Cc1ccccc1. The molecule has 28 heavy (non-hydrogen) atoms. The molecule has 0 N–H and O–H groups in total. The Balaban J connectivity index is 2.25. The standard InChI is InChI=1S/C18H22F3NO5S/c1-17(2,3)26-16(23)22-10-9-15(27-28(24,25)18(19,20)21)12-14(22)11-13-7-5-4-6-8-13/h4-9,14H,10-12H2,1-3H3/t14-/m1/s1. The molecule has 0 spiro atoms. The van der Waals surface area contributed by atoms with Crippen LogP contribution in [-0.4, -0.2) is 43.1 Å². The Morgan fingerprint density at radius 2 is 1.79 bits per heavy atom. The lowest BCUT2D eigenvalue weighted by atomic mass is 9.98. The van der Waals surface area contributed by atoms with E-state index in [1.54, 1.807) is 51.1 Å².